The van der Waals surface area contributed by atoms with Gasteiger partial charge in [-0.25, -0.2) is 4.98 Å². The highest BCUT2D eigenvalue weighted by Crippen LogP contribution is 2.39. The summed E-state index contributed by atoms with van der Waals surface area (Å²) in [4.78, 5) is 17.0. The number of imidazole rings is 1. The van der Waals surface area contributed by atoms with Gasteiger partial charge in [-0.3, -0.25) is 9.36 Å². The van der Waals surface area contributed by atoms with Crippen molar-refractivity contribution >= 4 is 5.78 Å². The standard InChI is InChI=1S/C22H25N3O3/c1-13(2)28-20-11-18-15(10-19(20)27-5)6-7-17-21(14(3)26)23-22(25(17)18)16-8-9-24(4)12-16/h8-13H,6-7H2,1-5H3. The summed E-state index contributed by atoms with van der Waals surface area (Å²) < 4.78 is 15.6. The molecule has 0 atom stereocenters. The van der Waals surface area contributed by atoms with Gasteiger partial charge < -0.3 is 14.0 Å². The van der Waals surface area contributed by atoms with Crippen LogP contribution in [-0.4, -0.2) is 33.1 Å². The molecule has 0 N–H and O–H groups in total. The van der Waals surface area contributed by atoms with Gasteiger partial charge >= 0.3 is 0 Å². The molecule has 1 aliphatic heterocycles. The van der Waals surface area contributed by atoms with Crippen LogP contribution in [0.3, 0.4) is 0 Å². The zero-order valence-corrected chi connectivity index (χ0v) is 16.9. The number of aryl methyl sites for hydroxylation is 2. The predicted octanol–water partition coefficient (Wildman–Crippen LogP) is 3.97. The highest BCUT2D eigenvalue weighted by atomic mass is 16.5. The van der Waals surface area contributed by atoms with Crippen molar-refractivity contribution in [1.29, 1.82) is 0 Å². The van der Waals surface area contributed by atoms with Crippen LogP contribution in [0, 0.1) is 0 Å². The van der Waals surface area contributed by atoms with Crippen molar-refractivity contribution in [2.45, 2.75) is 39.7 Å². The number of ether oxygens (including phenoxy) is 2. The minimum absolute atomic E-state index is 0.0125. The second-order valence-electron chi connectivity index (χ2n) is 7.49. The second kappa shape index (κ2) is 6.86. The molecule has 1 aromatic carbocycles. The molecule has 0 bridgehead atoms. The number of hydrogen-bond acceptors (Lipinski definition) is 4. The average Bonchev–Trinajstić information content (AvgIpc) is 3.24. The van der Waals surface area contributed by atoms with Crippen LogP contribution in [0.2, 0.25) is 0 Å². The summed E-state index contributed by atoms with van der Waals surface area (Å²) in [6, 6.07) is 6.07. The van der Waals surface area contributed by atoms with E-state index in [4.69, 9.17) is 14.5 Å². The Bertz CT molecular complexity index is 1060. The number of Topliss-reactive ketones (excluding diaryl/α,β-unsaturated/α-hetero) is 1. The van der Waals surface area contributed by atoms with Gasteiger partial charge in [-0.1, -0.05) is 0 Å². The summed E-state index contributed by atoms with van der Waals surface area (Å²) >= 11 is 0. The van der Waals surface area contributed by atoms with Gasteiger partial charge in [0.1, 0.15) is 11.5 Å². The van der Waals surface area contributed by atoms with Gasteiger partial charge in [-0.15, -0.1) is 0 Å². The summed E-state index contributed by atoms with van der Waals surface area (Å²) in [7, 11) is 3.63. The largest absolute Gasteiger partial charge is 0.493 e. The summed E-state index contributed by atoms with van der Waals surface area (Å²) in [6.07, 6.45) is 5.61. The molecule has 0 radical (unpaired) electrons. The van der Waals surface area contributed by atoms with Crippen LogP contribution in [0.5, 0.6) is 11.5 Å². The van der Waals surface area contributed by atoms with Crippen LogP contribution in [0.15, 0.2) is 30.6 Å². The fourth-order valence-corrected chi connectivity index (χ4v) is 3.81. The fourth-order valence-electron chi connectivity index (χ4n) is 3.81. The molecule has 0 amide bonds. The van der Waals surface area contributed by atoms with E-state index in [-0.39, 0.29) is 11.9 Å². The van der Waals surface area contributed by atoms with Gasteiger partial charge in [0.15, 0.2) is 17.3 Å². The van der Waals surface area contributed by atoms with Gasteiger partial charge in [0, 0.05) is 38.0 Å². The molecule has 28 heavy (non-hydrogen) atoms. The molecule has 146 valence electrons. The number of ketones is 1. The van der Waals surface area contributed by atoms with Crippen LogP contribution < -0.4 is 9.47 Å². The van der Waals surface area contributed by atoms with Gasteiger partial charge in [0.2, 0.25) is 0 Å². The van der Waals surface area contributed by atoms with Crippen LogP contribution >= 0.6 is 0 Å². The SMILES string of the molecule is COc1cc2c(cc1OC(C)C)-n1c(-c3ccn(C)c3)nc(C(C)=O)c1CC2. The van der Waals surface area contributed by atoms with E-state index in [1.54, 1.807) is 14.0 Å². The Labute approximate surface area is 164 Å². The molecule has 3 aromatic rings. The number of rotatable bonds is 5. The zero-order chi connectivity index (χ0) is 20.0. The van der Waals surface area contributed by atoms with E-state index < -0.39 is 0 Å². The average molecular weight is 379 g/mol. The predicted molar refractivity (Wildman–Crippen MR) is 108 cm³/mol. The Hall–Kier alpha value is -3.02. The Morgan fingerprint density at radius 1 is 1.21 bits per heavy atom. The van der Waals surface area contributed by atoms with Crippen LogP contribution in [0.1, 0.15) is 42.5 Å². The monoisotopic (exact) mass is 379 g/mol. The summed E-state index contributed by atoms with van der Waals surface area (Å²) in [5, 5.41) is 0. The Morgan fingerprint density at radius 3 is 2.61 bits per heavy atom. The number of hydrogen-bond donors (Lipinski definition) is 0. The van der Waals surface area contributed by atoms with E-state index in [9.17, 15) is 4.79 Å². The minimum Gasteiger partial charge on any atom is -0.493 e. The maximum atomic E-state index is 12.3. The second-order valence-corrected chi connectivity index (χ2v) is 7.49. The Balaban J connectivity index is 1.97. The van der Waals surface area contributed by atoms with Crippen LogP contribution in [0.25, 0.3) is 17.1 Å². The molecule has 0 unspecified atom stereocenters. The summed E-state index contributed by atoms with van der Waals surface area (Å²) in [5.41, 5.74) is 4.64. The van der Waals surface area contributed by atoms with Gasteiger partial charge in [0.25, 0.3) is 0 Å². The van der Waals surface area contributed by atoms with E-state index in [0.717, 1.165) is 46.9 Å². The topological polar surface area (TPSA) is 58.3 Å². The van der Waals surface area contributed by atoms with Gasteiger partial charge in [0.05, 0.1) is 24.6 Å². The number of aromatic nitrogens is 3. The summed E-state index contributed by atoms with van der Waals surface area (Å²) in [5.74, 6) is 2.19. The lowest BCUT2D eigenvalue weighted by atomic mass is 9.99. The number of benzene rings is 1. The highest BCUT2D eigenvalue weighted by molar-refractivity contribution is 5.94. The molecular weight excluding hydrogens is 354 g/mol. The van der Waals surface area contributed by atoms with Crippen molar-refractivity contribution < 1.29 is 14.3 Å². The van der Waals surface area contributed by atoms with E-state index in [1.165, 1.54) is 0 Å². The molecule has 4 rings (SSSR count). The molecule has 3 heterocycles. The molecule has 0 saturated carbocycles. The van der Waals surface area contributed by atoms with Crippen LogP contribution in [-0.2, 0) is 19.9 Å². The van der Waals surface area contributed by atoms with Crippen molar-refractivity contribution in [2.24, 2.45) is 7.05 Å². The van der Waals surface area contributed by atoms with E-state index in [0.29, 0.717) is 11.4 Å². The normalized spacial score (nSPS) is 12.6. The van der Waals surface area contributed by atoms with Gasteiger partial charge in [-0.2, -0.15) is 0 Å². The van der Waals surface area contributed by atoms with Crippen molar-refractivity contribution in [3.63, 3.8) is 0 Å². The van der Waals surface area contributed by atoms with Gasteiger partial charge in [-0.05, 0) is 44.4 Å². The number of carbonyl (C=O) groups excluding carboxylic acids is 1. The molecule has 2 aromatic heterocycles. The van der Waals surface area contributed by atoms with Crippen LogP contribution in [0.4, 0.5) is 0 Å². The Kier molecular flexibility index (Phi) is 4.49. The van der Waals surface area contributed by atoms with Crippen molar-refractivity contribution in [3.8, 4) is 28.6 Å². The molecule has 0 fully saturated rings. The molecule has 0 spiro atoms. The summed E-state index contributed by atoms with van der Waals surface area (Å²) in [6.45, 7) is 5.56. The highest BCUT2D eigenvalue weighted by Gasteiger charge is 2.28. The number of nitrogens with zero attached hydrogens (tertiary/aromatic N) is 3. The van der Waals surface area contributed by atoms with E-state index in [2.05, 4.69) is 4.57 Å². The first-order valence-corrected chi connectivity index (χ1v) is 9.52. The first-order chi connectivity index (χ1) is 13.4. The lowest BCUT2D eigenvalue weighted by Gasteiger charge is -2.24. The fraction of sp³-hybridized carbons (Fsp3) is 0.364. The lowest BCUT2D eigenvalue weighted by molar-refractivity contribution is 0.101. The molecule has 0 saturated heterocycles. The van der Waals surface area contributed by atoms with E-state index in [1.807, 2.05) is 56.1 Å². The molecule has 6 nitrogen and oxygen atoms in total. The lowest BCUT2D eigenvalue weighted by Crippen LogP contribution is -2.16. The maximum Gasteiger partial charge on any atom is 0.180 e. The Morgan fingerprint density at radius 2 is 2.00 bits per heavy atom. The molecule has 1 aliphatic rings. The smallest absolute Gasteiger partial charge is 0.180 e. The maximum absolute atomic E-state index is 12.3. The number of methoxy groups -OCH3 is 1. The zero-order valence-electron chi connectivity index (χ0n) is 16.9. The molecule has 6 heteroatoms. The number of carbonyl (C=O) groups is 1. The first-order valence-electron chi connectivity index (χ1n) is 9.52. The van der Waals surface area contributed by atoms with E-state index >= 15 is 0 Å². The quantitative estimate of drug-likeness (QED) is 0.629. The molecular formula is C22H25N3O3. The molecule has 0 aliphatic carbocycles. The third kappa shape index (κ3) is 2.99. The minimum atomic E-state index is -0.0125. The third-order valence-electron chi connectivity index (χ3n) is 5.00. The number of fused-ring (bicyclic) bond motifs is 3. The van der Waals surface area contributed by atoms with Crippen molar-refractivity contribution in [2.75, 3.05) is 7.11 Å². The third-order valence-corrected chi connectivity index (χ3v) is 5.00. The van der Waals surface area contributed by atoms with Crippen molar-refractivity contribution in [3.05, 3.63) is 47.5 Å². The van der Waals surface area contributed by atoms with Crippen molar-refractivity contribution in [1.82, 2.24) is 14.1 Å². The first kappa shape index (κ1) is 18.3.